The summed E-state index contributed by atoms with van der Waals surface area (Å²) in [6, 6.07) is 0. The van der Waals surface area contributed by atoms with Gasteiger partial charge >= 0.3 is 7.12 Å². The first-order valence-corrected chi connectivity index (χ1v) is 16.4. The van der Waals surface area contributed by atoms with Crippen LogP contribution in [0.15, 0.2) is 0 Å². The van der Waals surface area contributed by atoms with E-state index in [1.54, 1.807) is 0 Å². The highest BCUT2D eigenvalue weighted by molar-refractivity contribution is 6.74. The van der Waals surface area contributed by atoms with Gasteiger partial charge < -0.3 is 23.2 Å². The summed E-state index contributed by atoms with van der Waals surface area (Å²) in [6.45, 7) is 31.6. The van der Waals surface area contributed by atoms with E-state index >= 15 is 0 Å². The predicted molar refractivity (Wildman–Crippen MR) is 145 cm³/mol. The molecule has 2 saturated heterocycles. The average molecular weight is 499 g/mol. The van der Waals surface area contributed by atoms with Crippen LogP contribution in [0.1, 0.15) is 109 Å². The Bertz CT molecular complexity index is 667. The second-order valence-electron chi connectivity index (χ2n) is 14.3. The van der Waals surface area contributed by atoms with Crippen LogP contribution in [0.2, 0.25) is 23.9 Å². The Kier molecular flexibility index (Phi) is 9.00. The van der Waals surface area contributed by atoms with E-state index in [4.69, 9.17) is 23.2 Å². The van der Waals surface area contributed by atoms with Gasteiger partial charge in [0.1, 0.15) is 0 Å². The minimum absolute atomic E-state index is 0.0887. The molecule has 0 radical (unpaired) electrons. The molecule has 7 heteroatoms. The van der Waals surface area contributed by atoms with Crippen molar-refractivity contribution < 1.29 is 23.2 Å². The second kappa shape index (κ2) is 10.1. The summed E-state index contributed by atoms with van der Waals surface area (Å²) >= 11 is 0. The van der Waals surface area contributed by atoms with Crippen molar-refractivity contribution in [3.8, 4) is 0 Å². The fourth-order valence-electron chi connectivity index (χ4n) is 4.86. The molecule has 0 unspecified atom stereocenters. The van der Waals surface area contributed by atoms with E-state index < -0.39 is 14.1 Å². The lowest BCUT2D eigenvalue weighted by Gasteiger charge is -2.36. The van der Waals surface area contributed by atoms with Crippen LogP contribution in [0, 0.1) is 5.92 Å². The van der Waals surface area contributed by atoms with Gasteiger partial charge in [0, 0.05) is 6.61 Å². The Labute approximate surface area is 212 Å². The van der Waals surface area contributed by atoms with Gasteiger partial charge in [0.15, 0.2) is 14.1 Å². The van der Waals surface area contributed by atoms with Crippen LogP contribution in [-0.4, -0.2) is 50.7 Å². The van der Waals surface area contributed by atoms with Gasteiger partial charge in [0.25, 0.3) is 0 Å². The van der Waals surface area contributed by atoms with Crippen LogP contribution in [-0.2, 0) is 23.2 Å². The fraction of sp³-hybridized carbons (Fsp3) is 1.00. The molecule has 0 aliphatic carbocycles. The van der Waals surface area contributed by atoms with Crippen molar-refractivity contribution in [1.82, 2.24) is 0 Å². The Morgan fingerprint density at radius 2 is 1.44 bits per heavy atom. The summed E-state index contributed by atoms with van der Waals surface area (Å²) < 4.78 is 32.0. The maximum atomic E-state index is 6.54. The molecule has 0 amide bonds. The van der Waals surface area contributed by atoms with Gasteiger partial charge in [-0.2, -0.15) is 0 Å². The first-order valence-electron chi connectivity index (χ1n) is 13.5. The molecule has 5 nitrogen and oxygen atoms in total. The van der Waals surface area contributed by atoms with Crippen molar-refractivity contribution in [2.45, 2.75) is 161 Å². The molecule has 0 spiro atoms. The standard InChI is InChI=1S/C27H55BO5Si/c1-20(17-18-22-24(5,6)31-27(11,12)30-22)21(28-32-25(7,8)26(9,10)33-28)16-15-19-29-34(13,14)23(2,3)4/h20-22H,15-19H2,1-14H3/t20-,21-,22-/m1/s1. The van der Waals surface area contributed by atoms with Gasteiger partial charge in [-0.25, -0.2) is 0 Å². The van der Waals surface area contributed by atoms with Crippen LogP contribution in [0.25, 0.3) is 0 Å². The molecule has 0 aromatic heterocycles. The summed E-state index contributed by atoms with van der Waals surface area (Å²) in [5.41, 5.74) is -0.913. The van der Waals surface area contributed by atoms with E-state index in [9.17, 15) is 0 Å². The second-order valence-corrected chi connectivity index (χ2v) is 19.1. The van der Waals surface area contributed by atoms with E-state index in [0.717, 1.165) is 32.3 Å². The minimum atomic E-state index is -1.74. The Hall–Kier alpha value is 0.0818. The van der Waals surface area contributed by atoms with E-state index in [1.165, 1.54) is 0 Å². The molecule has 0 aromatic rings. The van der Waals surface area contributed by atoms with E-state index in [0.29, 0.717) is 11.7 Å². The molecule has 2 aliphatic heterocycles. The highest BCUT2D eigenvalue weighted by atomic mass is 28.4. The van der Waals surface area contributed by atoms with Gasteiger partial charge in [-0.05, 0) is 111 Å². The van der Waals surface area contributed by atoms with Crippen molar-refractivity contribution >= 4 is 15.4 Å². The van der Waals surface area contributed by atoms with E-state index in [1.807, 2.05) is 13.8 Å². The SMILES string of the molecule is C[C@H](CC[C@H]1OC(C)(C)OC1(C)C)[C@@H](CCCO[Si](C)(C)C(C)(C)C)B1OC(C)(C)C(C)(C)O1. The van der Waals surface area contributed by atoms with Crippen molar-refractivity contribution in [3.63, 3.8) is 0 Å². The first-order chi connectivity index (χ1) is 15.1. The van der Waals surface area contributed by atoms with Gasteiger partial charge in [-0.3, -0.25) is 0 Å². The molecule has 2 aliphatic rings. The van der Waals surface area contributed by atoms with Crippen molar-refractivity contribution in [1.29, 1.82) is 0 Å². The molecular weight excluding hydrogens is 443 g/mol. The molecule has 3 atom stereocenters. The smallest absolute Gasteiger partial charge is 0.417 e. The van der Waals surface area contributed by atoms with Gasteiger partial charge in [0.2, 0.25) is 0 Å². The fourth-order valence-corrected chi connectivity index (χ4v) is 5.95. The average Bonchev–Trinajstić information content (AvgIpc) is 2.96. The molecule has 2 rings (SSSR count). The van der Waals surface area contributed by atoms with Gasteiger partial charge in [-0.15, -0.1) is 0 Å². The molecule has 0 bridgehead atoms. The highest BCUT2D eigenvalue weighted by Crippen LogP contribution is 2.45. The van der Waals surface area contributed by atoms with E-state index in [2.05, 4.69) is 82.3 Å². The molecule has 2 heterocycles. The normalized spacial score (nSPS) is 27.7. The Morgan fingerprint density at radius 1 is 0.912 bits per heavy atom. The Balaban J connectivity index is 2.05. The topological polar surface area (TPSA) is 46.2 Å². The lowest BCUT2D eigenvalue weighted by molar-refractivity contribution is -0.157. The van der Waals surface area contributed by atoms with Crippen molar-refractivity contribution in [3.05, 3.63) is 0 Å². The zero-order chi connectivity index (χ0) is 26.4. The van der Waals surface area contributed by atoms with Crippen LogP contribution in [0.3, 0.4) is 0 Å². The summed E-state index contributed by atoms with van der Waals surface area (Å²) in [4.78, 5) is 0. The molecule has 34 heavy (non-hydrogen) atoms. The van der Waals surface area contributed by atoms with Crippen molar-refractivity contribution in [2.75, 3.05) is 6.61 Å². The summed E-state index contributed by atoms with van der Waals surface area (Å²) in [5.74, 6) is 0.220. The van der Waals surface area contributed by atoms with Crippen LogP contribution >= 0.6 is 0 Å². The highest BCUT2D eigenvalue weighted by Gasteiger charge is 2.54. The van der Waals surface area contributed by atoms with Crippen LogP contribution in [0.4, 0.5) is 0 Å². The molecular formula is C27H55BO5Si. The number of hydrogen-bond donors (Lipinski definition) is 0. The lowest BCUT2D eigenvalue weighted by Crippen LogP contribution is -2.41. The third-order valence-corrected chi connectivity index (χ3v) is 13.4. The van der Waals surface area contributed by atoms with Gasteiger partial charge in [0.05, 0.1) is 22.9 Å². The third kappa shape index (κ3) is 7.10. The molecule has 0 aromatic carbocycles. The van der Waals surface area contributed by atoms with Crippen LogP contribution in [0.5, 0.6) is 0 Å². The lowest BCUT2D eigenvalue weighted by atomic mass is 9.62. The maximum Gasteiger partial charge on any atom is 0.461 e. The third-order valence-electron chi connectivity index (χ3n) is 8.90. The summed E-state index contributed by atoms with van der Waals surface area (Å²) in [6.07, 6.45) is 4.15. The molecule has 0 N–H and O–H groups in total. The minimum Gasteiger partial charge on any atom is -0.417 e. The van der Waals surface area contributed by atoms with Gasteiger partial charge in [-0.1, -0.05) is 27.7 Å². The molecule has 0 saturated carbocycles. The van der Waals surface area contributed by atoms with E-state index in [-0.39, 0.29) is 35.1 Å². The molecule has 2 fully saturated rings. The largest absolute Gasteiger partial charge is 0.461 e. The number of rotatable bonds is 10. The Morgan fingerprint density at radius 3 is 1.88 bits per heavy atom. The summed E-state index contributed by atoms with van der Waals surface area (Å²) in [5, 5.41) is 0.231. The molecule has 200 valence electrons. The number of ether oxygens (including phenoxy) is 2. The monoisotopic (exact) mass is 498 g/mol. The van der Waals surface area contributed by atoms with Crippen LogP contribution < -0.4 is 0 Å². The summed E-state index contributed by atoms with van der Waals surface area (Å²) in [7, 11) is -1.93. The van der Waals surface area contributed by atoms with Crippen molar-refractivity contribution in [2.24, 2.45) is 5.92 Å². The quantitative estimate of drug-likeness (QED) is 0.229. The first kappa shape index (κ1) is 30.3. The number of hydrogen-bond acceptors (Lipinski definition) is 5. The zero-order valence-electron chi connectivity index (χ0n) is 24.9. The predicted octanol–water partition coefficient (Wildman–Crippen LogP) is 7.60. The maximum absolute atomic E-state index is 6.54. The zero-order valence-corrected chi connectivity index (χ0v) is 25.9.